The summed E-state index contributed by atoms with van der Waals surface area (Å²) >= 11 is 1.33. The Kier molecular flexibility index (Phi) is 3.45. The fourth-order valence-corrected chi connectivity index (χ4v) is 2.99. The van der Waals surface area contributed by atoms with Crippen molar-refractivity contribution in [2.75, 3.05) is 0 Å². The summed E-state index contributed by atoms with van der Waals surface area (Å²) in [6, 6.07) is 13.4. The number of nitro groups is 1. The monoisotopic (exact) mass is 298 g/mol. The minimum atomic E-state index is -0.418. The molecule has 0 amide bonds. The van der Waals surface area contributed by atoms with Gasteiger partial charge >= 0.3 is 0 Å². The number of phenolic OH excluding ortho intramolecular Hbond substituents is 1. The van der Waals surface area contributed by atoms with Crippen LogP contribution in [0.2, 0.25) is 0 Å². The van der Waals surface area contributed by atoms with E-state index < -0.39 is 4.92 Å². The zero-order chi connectivity index (χ0) is 14.8. The molecule has 0 aliphatic carbocycles. The lowest BCUT2D eigenvalue weighted by Crippen LogP contribution is -1.91. The highest BCUT2D eigenvalue weighted by Gasteiger charge is 2.16. The minimum Gasteiger partial charge on any atom is -0.507 e. The average Bonchev–Trinajstić information content (AvgIpc) is 2.49. The zero-order valence-corrected chi connectivity index (χ0v) is 11.6. The number of rotatable bonds is 3. The van der Waals surface area contributed by atoms with E-state index in [1.165, 1.54) is 17.8 Å². The molecule has 0 spiro atoms. The number of nitro benzene ring substituents is 1. The van der Waals surface area contributed by atoms with Crippen molar-refractivity contribution in [2.24, 2.45) is 0 Å². The first-order valence-corrected chi connectivity index (χ1v) is 6.96. The molecule has 0 radical (unpaired) electrons. The van der Waals surface area contributed by atoms with Gasteiger partial charge in [0.25, 0.3) is 5.69 Å². The third-order valence-electron chi connectivity index (χ3n) is 2.99. The highest BCUT2D eigenvalue weighted by molar-refractivity contribution is 7.99. The molecule has 104 valence electrons. The highest BCUT2D eigenvalue weighted by atomic mass is 32.2. The van der Waals surface area contributed by atoms with Crippen LogP contribution in [0.1, 0.15) is 0 Å². The Bertz CT molecular complexity index is 836. The van der Waals surface area contributed by atoms with Crippen molar-refractivity contribution >= 4 is 28.4 Å². The molecule has 1 N–H and O–H groups in total. The van der Waals surface area contributed by atoms with Gasteiger partial charge in [-0.3, -0.25) is 15.1 Å². The summed E-state index contributed by atoms with van der Waals surface area (Å²) in [7, 11) is 0. The van der Waals surface area contributed by atoms with Crippen LogP contribution in [0.15, 0.2) is 64.5 Å². The number of hydrogen-bond donors (Lipinski definition) is 1. The van der Waals surface area contributed by atoms with Crippen molar-refractivity contribution in [3.05, 3.63) is 64.8 Å². The van der Waals surface area contributed by atoms with Crippen molar-refractivity contribution in [1.82, 2.24) is 4.98 Å². The van der Waals surface area contributed by atoms with Crippen molar-refractivity contribution in [1.29, 1.82) is 0 Å². The maximum atomic E-state index is 11.1. The smallest absolute Gasteiger partial charge is 0.278 e. The highest BCUT2D eigenvalue weighted by Crippen LogP contribution is 2.39. The number of non-ortho nitro benzene ring substituents is 1. The summed E-state index contributed by atoms with van der Waals surface area (Å²) in [5.41, 5.74) is 0.583. The maximum Gasteiger partial charge on any atom is 0.278 e. The van der Waals surface area contributed by atoms with Gasteiger partial charge in [0.15, 0.2) is 0 Å². The lowest BCUT2D eigenvalue weighted by atomic mass is 10.2. The molecule has 6 heteroatoms. The van der Waals surface area contributed by atoms with Gasteiger partial charge in [-0.1, -0.05) is 23.9 Å². The van der Waals surface area contributed by atoms with Crippen LogP contribution in [0.25, 0.3) is 10.9 Å². The van der Waals surface area contributed by atoms with E-state index in [0.717, 1.165) is 4.90 Å². The number of aromatic nitrogens is 1. The number of para-hydroxylation sites is 1. The summed E-state index contributed by atoms with van der Waals surface area (Å²) in [4.78, 5) is 16.3. The Morgan fingerprint density at radius 3 is 2.62 bits per heavy atom. The molecule has 0 saturated heterocycles. The molecule has 0 aliphatic rings. The Hall–Kier alpha value is -2.60. The summed E-state index contributed by atoms with van der Waals surface area (Å²) in [6.07, 6.45) is 1.60. The van der Waals surface area contributed by atoms with Gasteiger partial charge in [0.1, 0.15) is 5.75 Å². The third-order valence-corrected chi connectivity index (χ3v) is 4.11. The number of nitrogens with zero attached hydrogens (tertiary/aromatic N) is 2. The van der Waals surface area contributed by atoms with Crippen LogP contribution >= 0.6 is 11.8 Å². The molecule has 21 heavy (non-hydrogen) atoms. The van der Waals surface area contributed by atoms with E-state index in [1.54, 1.807) is 42.6 Å². The fourth-order valence-electron chi connectivity index (χ4n) is 2.04. The van der Waals surface area contributed by atoms with Gasteiger partial charge in [0, 0.05) is 17.2 Å². The summed E-state index contributed by atoms with van der Waals surface area (Å²) < 4.78 is 0. The Balaban J connectivity index is 2.14. The van der Waals surface area contributed by atoms with Crippen molar-refractivity contribution in [3.8, 4) is 5.75 Å². The standard InChI is InChI=1S/C15H10N2O3S/c18-12-5-1-2-6-13(12)21-14-8-7-11(17(19)20)10-4-3-9-16-15(10)14/h1-9,18H. The topological polar surface area (TPSA) is 76.3 Å². The van der Waals surface area contributed by atoms with E-state index in [4.69, 9.17) is 0 Å². The van der Waals surface area contributed by atoms with Gasteiger partial charge in [-0.2, -0.15) is 0 Å². The van der Waals surface area contributed by atoms with E-state index in [2.05, 4.69) is 4.98 Å². The molecule has 1 aromatic heterocycles. The van der Waals surface area contributed by atoms with Crippen molar-refractivity contribution < 1.29 is 10.0 Å². The molecule has 0 saturated carbocycles. The first kappa shape index (κ1) is 13.4. The number of hydrogen-bond acceptors (Lipinski definition) is 5. The molecule has 3 rings (SSSR count). The molecule has 3 aromatic rings. The van der Waals surface area contributed by atoms with Gasteiger partial charge in [-0.25, -0.2) is 0 Å². The van der Waals surface area contributed by atoms with Crippen molar-refractivity contribution in [2.45, 2.75) is 9.79 Å². The third kappa shape index (κ3) is 2.53. The van der Waals surface area contributed by atoms with Crippen LogP contribution in [0.5, 0.6) is 5.75 Å². The summed E-state index contributed by atoms with van der Waals surface area (Å²) in [5.74, 6) is 0.171. The van der Waals surface area contributed by atoms with Crippen molar-refractivity contribution in [3.63, 3.8) is 0 Å². The number of phenols is 1. The first-order chi connectivity index (χ1) is 10.2. The molecular formula is C15H10N2O3S. The zero-order valence-electron chi connectivity index (χ0n) is 10.8. The van der Waals surface area contributed by atoms with Crippen LogP contribution < -0.4 is 0 Å². The normalized spacial score (nSPS) is 10.7. The quantitative estimate of drug-likeness (QED) is 0.584. The fraction of sp³-hybridized carbons (Fsp3) is 0. The van der Waals surface area contributed by atoms with Crippen LogP contribution in [-0.2, 0) is 0 Å². The SMILES string of the molecule is O=[N+]([O-])c1ccc(Sc2ccccc2O)c2ncccc12. The first-order valence-electron chi connectivity index (χ1n) is 6.15. The largest absolute Gasteiger partial charge is 0.507 e. The van der Waals surface area contributed by atoms with Gasteiger partial charge in [0.2, 0.25) is 0 Å². The predicted molar refractivity (Wildman–Crippen MR) is 80.6 cm³/mol. The number of benzene rings is 2. The van der Waals surface area contributed by atoms with Crippen LogP contribution in [0, 0.1) is 10.1 Å². The van der Waals surface area contributed by atoms with Gasteiger partial charge in [0.05, 0.1) is 20.7 Å². The molecule has 5 nitrogen and oxygen atoms in total. The molecule has 2 aromatic carbocycles. The molecule has 1 heterocycles. The predicted octanol–water partition coefficient (Wildman–Crippen LogP) is 4.00. The average molecular weight is 298 g/mol. The molecule has 0 atom stereocenters. The second kappa shape index (κ2) is 5.41. The summed E-state index contributed by atoms with van der Waals surface area (Å²) in [5, 5.41) is 21.4. The maximum absolute atomic E-state index is 11.1. The number of aromatic hydroxyl groups is 1. The Labute approximate surface area is 124 Å². The molecule has 0 aliphatic heterocycles. The molecular weight excluding hydrogens is 288 g/mol. The molecule has 0 bridgehead atoms. The second-order valence-corrected chi connectivity index (χ2v) is 5.39. The lowest BCUT2D eigenvalue weighted by Gasteiger charge is -2.07. The Morgan fingerprint density at radius 1 is 1.05 bits per heavy atom. The van der Waals surface area contributed by atoms with E-state index in [-0.39, 0.29) is 11.4 Å². The van der Waals surface area contributed by atoms with Crippen LogP contribution in [0.3, 0.4) is 0 Å². The number of pyridine rings is 1. The van der Waals surface area contributed by atoms with E-state index in [0.29, 0.717) is 15.8 Å². The molecule has 0 fully saturated rings. The van der Waals surface area contributed by atoms with E-state index in [9.17, 15) is 15.2 Å². The van der Waals surface area contributed by atoms with E-state index in [1.807, 2.05) is 6.07 Å². The molecule has 0 unspecified atom stereocenters. The lowest BCUT2D eigenvalue weighted by molar-refractivity contribution is -0.383. The van der Waals surface area contributed by atoms with Gasteiger partial charge in [-0.05, 0) is 30.3 Å². The minimum absolute atomic E-state index is 0.0275. The second-order valence-electron chi connectivity index (χ2n) is 4.31. The van der Waals surface area contributed by atoms with Crippen LogP contribution in [0.4, 0.5) is 5.69 Å². The number of fused-ring (bicyclic) bond motifs is 1. The van der Waals surface area contributed by atoms with Crippen LogP contribution in [-0.4, -0.2) is 15.0 Å². The van der Waals surface area contributed by atoms with Gasteiger partial charge in [-0.15, -0.1) is 0 Å². The van der Waals surface area contributed by atoms with E-state index >= 15 is 0 Å². The summed E-state index contributed by atoms with van der Waals surface area (Å²) in [6.45, 7) is 0. The van der Waals surface area contributed by atoms with Gasteiger partial charge < -0.3 is 5.11 Å². The Morgan fingerprint density at radius 2 is 1.86 bits per heavy atom.